The molecule has 0 unspecified atom stereocenters. The molecule has 6 heteroatoms. The summed E-state index contributed by atoms with van der Waals surface area (Å²) in [7, 11) is 1.66. The number of nitrogens with zero attached hydrogens (tertiary/aromatic N) is 2. The van der Waals surface area contributed by atoms with Crippen molar-refractivity contribution < 1.29 is 14.7 Å². The highest BCUT2D eigenvalue weighted by atomic mass is 16.4. The smallest absolute Gasteiger partial charge is 0.321 e. The lowest BCUT2D eigenvalue weighted by Crippen LogP contribution is -2.42. The molecule has 6 nitrogen and oxygen atoms in total. The average molecular weight is 263 g/mol. The Bertz CT molecular complexity index is 463. The molecule has 0 aromatic carbocycles. The topological polar surface area (TPSA) is 82.5 Å². The van der Waals surface area contributed by atoms with Gasteiger partial charge in [0.2, 0.25) is 0 Å². The second-order valence-corrected chi connectivity index (χ2v) is 4.76. The Balaban J connectivity index is 1.90. The number of pyridine rings is 1. The van der Waals surface area contributed by atoms with Crippen molar-refractivity contribution in [3.63, 3.8) is 0 Å². The fraction of sp³-hybridized carbons (Fsp3) is 0.462. The van der Waals surface area contributed by atoms with E-state index in [2.05, 4.69) is 10.3 Å². The Labute approximate surface area is 111 Å². The third-order valence-electron chi connectivity index (χ3n) is 3.45. The molecule has 1 saturated carbocycles. The molecule has 0 radical (unpaired) electrons. The number of carbonyl (C=O) groups is 2. The second-order valence-electron chi connectivity index (χ2n) is 4.76. The number of urea groups is 1. The molecule has 19 heavy (non-hydrogen) atoms. The molecule has 102 valence electrons. The van der Waals surface area contributed by atoms with Gasteiger partial charge >= 0.3 is 12.0 Å². The quantitative estimate of drug-likeness (QED) is 0.865. The van der Waals surface area contributed by atoms with Gasteiger partial charge in [-0.3, -0.25) is 14.7 Å². The number of aliphatic carboxylic acids is 1. The molecule has 2 rings (SSSR count). The summed E-state index contributed by atoms with van der Waals surface area (Å²) >= 11 is 0. The van der Waals surface area contributed by atoms with E-state index in [0.29, 0.717) is 24.9 Å². The lowest BCUT2D eigenvalue weighted by molar-refractivity contribution is -0.141. The monoisotopic (exact) mass is 263 g/mol. The number of amides is 2. The van der Waals surface area contributed by atoms with Crippen molar-refractivity contribution in [3.05, 3.63) is 24.5 Å². The predicted octanol–water partition coefficient (Wildman–Crippen LogP) is 1.48. The number of hydrogen-bond donors (Lipinski definition) is 2. The van der Waals surface area contributed by atoms with Crippen LogP contribution >= 0.6 is 0 Å². The standard InChI is InChI=1S/C13H17N3O3/c1-16(11-3-2-6-14-8-11)13(19)15-10-5-4-9(7-10)12(17)18/h2-3,6,8-10H,4-5,7H2,1H3,(H,15,19)(H,17,18)/t9-,10+/m1/s1. The first kappa shape index (κ1) is 13.3. The van der Waals surface area contributed by atoms with Crippen LogP contribution in [-0.4, -0.2) is 35.2 Å². The maximum absolute atomic E-state index is 12.0. The van der Waals surface area contributed by atoms with Crippen LogP contribution in [0.2, 0.25) is 0 Å². The zero-order valence-corrected chi connectivity index (χ0v) is 10.7. The first-order valence-electron chi connectivity index (χ1n) is 6.25. The van der Waals surface area contributed by atoms with Gasteiger partial charge in [-0.2, -0.15) is 0 Å². The van der Waals surface area contributed by atoms with Gasteiger partial charge in [0, 0.05) is 19.3 Å². The van der Waals surface area contributed by atoms with Gasteiger partial charge in [0.1, 0.15) is 0 Å². The number of anilines is 1. The van der Waals surface area contributed by atoms with E-state index < -0.39 is 5.97 Å². The van der Waals surface area contributed by atoms with Crippen molar-refractivity contribution >= 4 is 17.7 Å². The molecule has 1 fully saturated rings. The Morgan fingerprint density at radius 3 is 2.84 bits per heavy atom. The van der Waals surface area contributed by atoms with Crippen LogP contribution in [0.3, 0.4) is 0 Å². The van der Waals surface area contributed by atoms with Crippen LogP contribution in [0.1, 0.15) is 19.3 Å². The van der Waals surface area contributed by atoms with Crippen molar-refractivity contribution in [2.45, 2.75) is 25.3 Å². The molecule has 1 heterocycles. The highest BCUT2D eigenvalue weighted by Crippen LogP contribution is 2.25. The Kier molecular flexibility index (Phi) is 3.99. The molecule has 0 saturated heterocycles. The second kappa shape index (κ2) is 5.69. The zero-order valence-electron chi connectivity index (χ0n) is 10.7. The summed E-state index contributed by atoms with van der Waals surface area (Å²) in [5.41, 5.74) is 0.702. The van der Waals surface area contributed by atoms with Crippen LogP contribution in [0.15, 0.2) is 24.5 Å². The molecule has 1 aliphatic rings. The molecule has 2 atom stereocenters. The van der Waals surface area contributed by atoms with Crippen molar-refractivity contribution in [1.29, 1.82) is 0 Å². The third kappa shape index (κ3) is 3.21. The van der Waals surface area contributed by atoms with Gasteiger partial charge in [0.15, 0.2) is 0 Å². The van der Waals surface area contributed by atoms with E-state index in [1.165, 1.54) is 4.90 Å². The Morgan fingerprint density at radius 2 is 2.26 bits per heavy atom. The van der Waals surface area contributed by atoms with Gasteiger partial charge in [-0.25, -0.2) is 4.79 Å². The molecule has 0 bridgehead atoms. The van der Waals surface area contributed by atoms with Crippen molar-refractivity contribution in [2.24, 2.45) is 5.92 Å². The fourth-order valence-corrected chi connectivity index (χ4v) is 2.28. The number of carboxylic acid groups (broad SMARTS) is 1. The maximum Gasteiger partial charge on any atom is 0.321 e. The molecule has 1 aliphatic carbocycles. The highest BCUT2D eigenvalue weighted by Gasteiger charge is 2.31. The van der Waals surface area contributed by atoms with E-state index in [0.717, 1.165) is 0 Å². The maximum atomic E-state index is 12.0. The van der Waals surface area contributed by atoms with Crippen molar-refractivity contribution in [3.8, 4) is 0 Å². The molecular weight excluding hydrogens is 246 g/mol. The van der Waals surface area contributed by atoms with Crippen LogP contribution in [0.4, 0.5) is 10.5 Å². The average Bonchev–Trinajstić information content (AvgIpc) is 2.87. The normalized spacial score (nSPS) is 21.9. The van der Waals surface area contributed by atoms with Crippen LogP contribution in [0.25, 0.3) is 0 Å². The van der Waals surface area contributed by atoms with E-state index in [4.69, 9.17) is 5.11 Å². The first-order valence-corrected chi connectivity index (χ1v) is 6.25. The van der Waals surface area contributed by atoms with Crippen LogP contribution in [0, 0.1) is 5.92 Å². The number of aromatic nitrogens is 1. The van der Waals surface area contributed by atoms with Gasteiger partial charge in [-0.1, -0.05) is 0 Å². The molecule has 1 aromatic heterocycles. The largest absolute Gasteiger partial charge is 0.481 e. The summed E-state index contributed by atoms with van der Waals surface area (Å²) in [4.78, 5) is 28.3. The predicted molar refractivity (Wildman–Crippen MR) is 69.9 cm³/mol. The van der Waals surface area contributed by atoms with E-state index in [1.54, 1.807) is 31.6 Å². The van der Waals surface area contributed by atoms with Crippen LogP contribution in [0.5, 0.6) is 0 Å². The van der Waals surface area contributed by atoms with Gasteiger partial charge < -0.3 is 10.4 Å². The van der Waals surface area contributed by atoms with Crippen LogP contribution < -0.4 is 10.2 Å². The minimum Gasteiger partial charge on any atom is -0.481 e. The number of carbonyl (C=O) groups excluding carboxylic acids is 1. The molecule has 1 aromatic rings. The van der Waals surface area contributed by atoms with Gasteiger partial charge in [0.25, 0.3) is 0 Å². The fourth-order valence-electron chi connectivity index (χ4n) is 2.28. The number of hydrogen-bond acceptors (Lipinski definition) is 3. The molecule has 2 amide bonds. The molecule has 2 N–H and O–H groups in total. The van der Waals surface area contributed by atoms with Crippen LogP contribution in [-0.2, 0) is 4.79 Å². The van der Waals surface area contributed by atoms with Gasteiger partial charge in [0.05, 0.1) is 17.8 Å². The highest BCUT2D eigenvalue weighted by molar-refractivity contribution is 5.91. The Morgan fingerprint density at radius 1 is 1.47 bits per heavy atom. The van der Waals surface area contributed by atoms with E-state index in [1.807, 2.05) is 0 Å². The number of carboxylic acids is 1. The number of nitrogens with one attached hydrogen (secondary N) is 1. The molecule has 0 spiro atoms. The van der Waals surface area contributed by atoms with E-state index in [-0.39, 0.29) is 18.0 Å². The lowest BCUT2D eigenvalue weighted by Gasteiger charge is -2.20. The summed E-state index contributed by atoms with van der Waals surface area (Å²) in [5.74, 6) is -1.12. The summed E-state index contributed by atoms with van der Waals surface area (Å²) in [6.45, 7) is 0. The third-order valence-corrected chi connectivity index (χ3v) is 3.45. The lowest BCUT2D eigenvalue weighted by atomic mass is 10.1. The number of rotatable bonds is 3. The Hall–Kier alpha value is -2.11. The minimum absolute atomic E-state index is 0.0623. The SMILES string of the molecule is CN(C(=O)N[C@H]1CC[C@@H](C(=O)O)C1)c1cccnc1. The molecular formula is C13H17N3O3. The summed E-state index contributed by atoms with van der Waals surface area (Å²) in [6, 6.07) is 3.26. The zero-order chi connectivity index (χ0) is 13.8. The summed E-state index contributed by atoms with van der Waals surface area (Å²) in [5, 5.41) is 11.8. The van der Waals surface area contributed by atoms with Gasteiger partial charge in [-0.05, 0) is 31.4 Å². The minimum atomic E-state index is -0.780. The summed E-state index contributed by atoms with van der Waals surface area (Å²) in [6.07, 6.45) is 5.08. The van der Waals surface area contributed by atoms with Crippen molar-refractivity contribution in [1.82, 2.24) is 10.3 Å². The van der Waals surface area contributed by atoms with E-state index >= 15 is 0 Å². The molecule has 0 aliphatic heterocycles. The summed E-state index contributed by atoms with van der Waals surface area (Å²) < 4.78 is 0. The van der Waals surface area contributed by atoms with Gasteiger partial charge in [-0.15, -0.1) is 0 Å². The van der Waals surface area contributed by atoms with Crippen molar-refractivity contribution in [2.75, 3.05) is 11.9 Å². The van der Waals surface area contributed by atoms with E-state index in [9.17, 15) is 9.59 Å². The first-order chi connectivity index (χ1) is 9.08.